The highest BCUT2D eigenvalue weighted by Gasteiger charge is 2.62. The molecule has 0 aromatic heterocycles. The van der Waals surface area contributed by atoms with E-state index < -0.39 is 226 Å². The SMILES string of the molecule is CC(=O)OCC1OC(OC2C(OCc3ccccc3)C(COCc3ccccc3)OC(OC3C(COC(=O)c4ccccc4)OC(OC4C(COC(=O)c5ccccc5)OC(OCCBr)C(OC(=O)c5ccccc5)C4OC(=O)c4ccccc4)C(OC(=O)c4ccccc4)C3OC(=O)c3ccccc3)C2OCc2ccccc2)C(NC(=O)OCC(Cl)(Cl)Cl)C(OC(C)=O)C1OC(C)=O. The van der Waals surface area contributed by atoms with E-state index in [-0.39, 0.29) is 58.5 Å². The summed E-state index contributed by atoms with van der Waals surface area (Å²) in [6.07, 6.45) is -37.9. The van der Waals surface area contributed by atoms with Gasteiger partial charge < -0.3 is 105 Å². The van der Waals surface area contributed by atoms with Crippen LogP contribution < -0.4 is 5.32 Å². The number of benzene rings is 9. The van der Waals surface area contributed by atoms with Gasteiger partial charge in [-0.25, -0.2) is 33.6 Å². The van der Waals surface area contributed by atoms with Gasteiger partial charge in [0.25, 0.3) is 0 Å². The van der Waals surface area contributed by atoms with Gasteiger partial charge in [-0.15, -0.1) is 0 Å². The number of esters is 9. The zero-order valence-electron chi connectivity index (χ0n) is 72.3. The quantitative estimate of drug-likeness (QED) is 0.0212. The van der Waals surface area contributed by atoms with E-state index in [9.17, 15) is 33.6 Å². The molecule has 0 saturated carbocycles. The molecular formula is C98H95BrCl3NO31. The third-order valence-corrected chi connectivity index (χ3v) is 21.8. The number of alkyl carbamates (subject to hydrolysis) is 1. The maximum absolute atomic E-state index is 15.9. The highest BCUT2D eigenvalue weighted by atomic mass is 79.9. The lowest BCUT2D eigenvalue weighted by Gasteiger charge is -2.52. The first-order valence-corrected chi connectivity index (χ1v) is 44.8. The molecule has 1 amide bonds. The van der Waals surface area contributed by atoms with E-state index in [1.165, 1.54) is 97.1 Å². The van der Waals surface area contributed by atoms with E-state index in [0.29, 0.717) is 16.7 Å². The number of alkyl halides is 4. The fraction of sp³-hybridized carbons (Fsp3) is 0.347. The van der Waals surface area contributed by atoms with Crippen LogP contribution in [0.5, 0.6) is 0 Å². The van der Waals surface area contributed by atoms with Crippen LogP contribution in [0, 0.1) is 0 Å². The fourth-order valence-corrected chi connectivity index (χ4v) is 15.3. The molecule has 4 aliphatic heterocycles. The van der Waals surface area contributed by atoms with Gasteiger partial charge in [0.15, 0.2) is 61.8 Å². The van der Waals surface area contributed by atoms with E-state index in [2.05, 4.69) is 21.2 Å². The number of hydrogen-bond acceptors (Lipinski definition) is 31. The summed E-state index contributed by atoms with van der Waals surface area (Å²) in [7, 11) is 0. The summed E-state index contributed by atoms with van der Waals surface area (Å²) >= 11 is 21.9. The van der Waals surface area contributed by atoms with Crippen molar-refractivity contribution in [1.82, 2.24) is 5.32 Å². The van der Waals surface area contributed by atoms with E-state index in [4.69, 9.17) is 134 Å². The maximum atomic E-state index is 15.9. The molecule has 32 nitrogen and oxygen atoms in total. The zero-order chi connectivity index (χ0) is 94.5. The minimum absolute atomic E-state index is 0.00283. The predicted molar refractivity (Wildman–Crippen MR) is 477 cm³/mol. The normalized spacial score (nSPS) is 24.9. The van der Waals surface area contributed by atoms with E-state index >= 15 is 14.4 Å². The second kappa shape index (κ2) is 49.6. The second-order valence-corrected chi connectivity index (χ2v) is 34.1. The summed E-state index contributed by atoms with van der Waals surface area (Å²) in [6.45, 7) is -1.66. The van der Waals surface area contributed by atoms with Crippen molar-refractivity contribution in [2.45, 2.75) is 167 Å². The first kappa shape index (κ1) is 99.9. The molecule has 9 aromatic rings. The standard InChI is InChI=1S/C98H95BrCl3NO31/c1-59(104)116-55-72-77(122-60(2)105)80(123-61(3)106)75(103-97(113)121-58-98(100,101)102)93(124-72)134-81-76(117-52-63-33-15-5-16-34-63)71(54-114-51-62-31-13-4-14-32-62)126-95(84(81)118-53-64-35-17-6-18-36-64)132-79-74(57-120-88(108)66-39-21-8-22-40-66)127-96(86(131-92(112)70-47-29-12-30-48-70)83(79)129-90(110)68-43-25-10-26-44-68)133-78-73(56-119-87(107)65-37-19-7-20-38-65)125-94(115-50-49-99)85(130-91(111)69-45-27-11-28-46-69)82(78)128-89(109)67-41-23-9-24-42-67/h4-48,71-86,93-96H,49-58H2,1-3H3,(H,103,113). The van der Waals surface area contributed by atoms with Crippen LogP contribution in [0.1, 0.15) is 99.6 Å². The molecule has 0 aliphatic carbocycles. The van der Waals surface area contributed by atoms with Crippen molar-refractivity contribution in [3.8, 4) is 0 Å². The van der Waals surface area contributed by atoms with Crippen LogP contribution in [0.2, 0.25) is 0 Å². The topological polar surface area (TPSA) is 377 Å². The molecule has 20 unspecified atom stereocenters. The molecule has 4 saturated heterocycles. The lowest BCUT2D eigenvalue weighted by Crippen LogP contribution is -2.70. The highest BCUT2D eigenvalue weighted by molar-refractivity contribution is 9.09. The Kier molecular flexibility index (Phi) is 36.9. The molecule has 4 fully saturated rings. The van der Waals surface area contributed by atoms with Crippen molar-refractivity contribution >= 4 is 111 Å². The number of hydrogen-bond donors (Lipinski definition) is 1. The highest BCUT2D eigenvalue weighted by Crippen LogP contribution is 2.42. The summed E-state index contributed by atoms with van der Waals surface area (Å²) < 4.78 is 138. The number of rotatable bonds is 39. The Morgan fingerprint density at radius 1 is 0.306 bits per heavy atom. The molecule has 13 rings (SSSR count). The minimum atomic E-state index is -2.31. The van der Waals surface area contributed by atoms with Gasteiger partial charge in [-0.3, -0.25) is 14.4 Å². The van der Waals surface area contributed by atoms with Gasteiger partial charge in [-0.05, 0) is 89.5 Å². The Morgan fingerprint density at radius 3 is 1.02 bits per heavy atom. The minimum Gasteiger partial charge on any atom is -0.463 e. The Balaban J connectivity index is 1.03. The monoisotopic (exact) mass is 1970 g/mol. The van der Waals surface area contributed by atoms with Gasteiger partial charge in [0.05, 0.1) is 66.4 Å². The molecule has 0 radical (unpaired) electrons. The second-order valence-electron chi connectivity index (χ2n) is 30.7. The molecule has 4 heterocycles. The van der Waals surface area contributed by atoms with Crippen molar-refractivity contribution in [3.05, 3.63) is 323 Å². The van der Waals surface area contributed by atoms with Gasteiger partial charge in [-0.2, -0.15) is 0 Å². The lowest BCUT2D eigenvalue weighted by atomic mass is 9.94. The van der Waals surface area contributed by atoms with Crippen LogP contribution in [0.4, 0.5) is 4.79 Å². The van der Waals surface area contributed by atoms with Crippen molar-refractivity contribution in [1.29, 1.82) is 0 Å². The average Bonchev–Trinajstić information content (AvgIpc) is 0.737. The van der Waals surface area contributed by atoms with E-state index in [0.717, 1.165) is 20.8 Å². The molecule has 20 atom stereocenters. The van der Waals surface area contributed by atoms with Crippen molar-refractivity contribution in [2.75, 3.05) is 45.0 Å². The van der Waals surface area contributed by atoms with Crippen LogP contribution in [0.25, 0.3) is 0 Å². The first-order chi connectivity index (χ1) is 64.9. The van der Waals surface area contributed by atoms with Crippen molar-refractivity contribution in [2.24, 2.45) is 0 Å². The van der Waals surface area contributed by atoms with Crippen LogP contribution >= 0.6 is 50.7 Å². The van der Waals surface area contributed by atoms with Crippen LogP contribution in [-0.2, 0) is 134 Å². The first-order valence-electron chi connectivity index (χ1n) is 42.6. The van der Waals surface area contributed by atoms with E-state index in [1.807, 2.05) is 0 Å². The summed E-state index contributed by atoms with van der Waals surface area (Å²) in [6, 6.07) is 70.5. The number of halogens is 4. The Labute approximate surface area is 793 Å². The van der Waals surface area contributed by atoms with Crippen LogP contribution in [0.15, 0.2) is 273 Å². The number of ether oxygens (including phenoxy) is 21. The number of carbonyl (C=O) groups excluding carboxylic acids is 10. The Bertz CT molecular complexity index is 5290. The van der Waals surface area contributed by atoms with Gasteiger partial charge in [-0.1, -0.05) is 251 Å². The van der Waals surface area contributed by atoms with Gasteiger partial charge in [0.1, 0.15) is 87.4 Å². The molecule has 134 heavy (non-hydrogen) atoms. The summed E-state index contributed by atoms with van der Waals surface area (Å²) in [4.78, 5) is 146. The maximum Gasteiger partial charge on any atom is 0.407 e. The molecule has 1 N–H and O–H groups in total. The average molecular weight is 1970 g/mol. The fourth-order valence-electron chi connectivity index (χ4n) is 15.0. The van der Waals surface area contributed by atoms with Gasteiger partial charge in [0, 0.05) is 26.1 Å². The Hall–Kier alpha value is -11.6. The van der Waals surface area contributed by atoms with Crippen LogP contribution in [-0.4, -0.2) is 231 Å². The van der Waals surface area contributed by atoms with E-state index in [1.54, 1.807) is 176 Å². The number of nitrogens with one attached hydrogen (secondary N) is 1. The molecule has 0 spiro atoms. The summed E-state index contributed by atoms with van der Waals surface area (Å²) in [5.74, 6) is -9.07. The van der Waals surface area contributed by atoms with Gasteiger partial charge in [0.2, 0.25) is 3.79 Å². The summed E-state index contributed by atoms with van der Waals surface area (Å²) in [5.41, 5.74) is 1.54. The lowest BCUT2D eigenvalue weighted by molar-refractivity contribution is -0.390. The zero-order valence-corrected chi connectivity index (χ0v) is 76.1. The van der Waals surface area contributed by atoms with Gasteiger partial charge >= 0.3 is 59.8 Å². The molecule has 36 heteroatoms. The molecule has 706 valence electrons. The largest absolute Gasteiger partial charge is 0.463 e. The predicted octanol–water partition coefficient (Wildman–Crippen LogP) is 13.3. The summed E-state index contributed by atoms with van der Waals surface area (Å²) in [5, 5.41) is 2.75. The smallest absolute Gasteiger partial charge is 0.407 e. The molecular weight excluding hydrogens is 1870 g/mol. The molecule has 4 aliphatic rings. The van der Waals surface area contributed by atoms with Crippen molar-refractivity contribution in [3.63, 3.8) is 0 Å². The van der Waals surface area contributed by atoms with Crippen LogP contribution in [0.3, 0.4) is 0 Å². The molecule has 0 bridgehead atoms. The Morgan fingerprint density at radius 2 is 0.627 bits per heavy atom. The third kappa shape index (κ3) is 28.5. The number of amides is 1. The molecule has 9 aromatic carbocycles. The van der Waals surface area contributed by atoms with Crippen molar-refractivity contribution < 1.29 is 147 Å². The third-order valence-electron chi connectivity index (χ3n) is 21.1. The number of carbonyl (C=O) groups is 10.